The summed E-state index contributed by atoms with van der Waals surface area (Å²) in [7, 11) is 1.15. The van der Waals surface area contributed by atoms with Crippen LogP contribution in [0.4, 0.5) is 4.79 Å². The Hall–Kier alpha value is -2.81. The number of benzene rings is 1. The molecule has 0 unspecified atom stereocenters. The van der Waals surface area contributed by atoms with Crippen molar-refractivity contribution in [2.45, 2.75) is 0 Å². The van der Waals surface area contributed by atoms with Gasteiger partial charge in [0.25, 0.3) is 0 Å². The zero-order chi connectivity index (χ0) is 13.5. The standard InChI is InChI=1S/C12H11N3O3/c1-18-11(16)9(7-13)10(15-12(14)17)8-5-3-2-4-6-8/h2-6H,1H3,(H3,14,15,17)/b10-9+. The van der Waals surface area contributed by atoms with E-state index in [2.05, 4.69) is 10.1 Å². The maximum atomic E-state index is 11.4. The Bertz CT molecular complexity index is 529. The molecule has 0 aliphatic rings. The average molecular weight is 245 g/mol. The Morgan fingerprint density at radius 2 is 1.94 bits per heavy atom. The van der Waals surface area contributed by atoms with E-state index in [0.717, 1.165) is 7.11 Å². The molecule has 0 radical (unpaired) electrons. The molecule has 0 aliphatic carbocycles. The van der Waals surface area contributed by atoms with E-state index in [-0.39, 0.29) is 11.3 Å². The molecule has 0 atom stereocenters. The van der Waals surface area contributed by atoms with Crippen LogP contribution in [0.1, 0.15) is 5.56 Å². The molecule has 2 amide bonds. The molecule has 0 saturated heterocycles. The molecule has 18 heavy (non-hydrogen) atoms. The van der Waals surface area contributed by atoms with Crippen LogP contribution in [0.3, 0.4) is 0 Å². The fraction of sp³-hybridized carbons (Fsp3) is 0.0833. The summed E-state index contributed by atoms with van der Waals surface area (Å²) < 4.78 is 4.48. The van der Waals surface area contributed by atoms with E-state index in [9.17, 15) is 9.59 Å². The van der Waals surface area contributed by atoms with Gasteiger partial charge in [0.2, 0.25) is 0 Å². The van der Waals surface area contributed by atoms with E-state index in [0.29, 0.717) is 5.56 Å². The van der Waals surface area contributed by atoms with Crippen LogP contribution in [-0.2, 0) is 9.53 Å². The molecule has 6 heteroatoms. The van der Waals surface area contributed by atoms with Gasteiger partial charge in [-0.1, -0.05) is 30.3 Å². The van der Waals surface area contributed by atoms with Gasteiger partial charge in [0.15, 0.2) is 5.57 Å². The van der Waals surface area contributed by atoms with Gasteiger partial charge in [-0.05, 0) is 5.56 Å². The monoisotopic (exact) mass is 245 g/mol. The lowest BCUT2D eigenvalue weighted by Crippen LogP contribution is -2.29. The molecular formula is C12H11N3O3. The highest BCUT2D eigenvalue weighted by Gasteiger charge is 2.18. The maximum absolute atomic E-state index is 11.4. The summed E-state index contributed by atoms with van der Waals surface area (Å²) in [5, 5.41) is 11.2. The quantitative estimate of drug-likeness (QED) is 0.466. The van der Waals surface area contributed by atoms with Gasteiger partial charge in [-0.2, -0.15) is 5.26 Å². The number of ether oxygens (including phenoxy) is 1. The van der Waals surface area contributed by atoms with Crippen LogP contribution in [0.5, 0.6) is 0 Å². The molecular weight excluding hydrogens is 234 g/mol. The first-order chi connectivity index (χ1) is 8.60. The Kier molecular flexibility index (Phi) is 4.46. The van der Waals surface area contributed by atoms with E-state index < -0.39 is 12.0 Å². The number of esters is 1. The van der Waals surface area contributed by atoms with Crippen molar-refractivity contribution in [1.82, 2.24) is 5.32 Å². The van der Waals surface area contributed by atoms with Crippen LogP contribution >= 0.6 is 0 Å². The van der Waals surface area contributed by atoms with Gasteiger partial charge in [-0.15, -0.1) is 0 Å². The predicted molar refractivity (Wildman–Crippen MR) is 63.7 cm³/mol. The summed E-state index contributed by atoms with van der Waals surface area (Å²) in [5.74, 6) is -0.842. The first-order valence-corrected chi connectivity index (χ1v) is 4.94. The first-order valence-electron chi connectivity index (χ1n) is 4.94. The molecule has 1 aromatic rings. The van der Waals surface area contributed by atoms with Gasteiger partial charge in [-0.3, -0.25) is 0 Å². The molecule has 6 nitrogen and oxygen atoms in total. The number of amides is 2. The Morgan fingerprint density at radius 1 is 1.33 bits per heavy atom. The Morgan fingerprint density at radius 3 is 2.39 bits per heavy atom. The number of carbonyl (C=O) groups is 2. The smallest absolute Gasteiger partial charge is 0.350 e. The highest BCUT2D eigenvalue weighted by Crippen LogP contribution is 2.16. The zero-order valence-electron chi connectivity index (χ0n) is 9.64. The number of primary amides is 1. The van der Waals surface area contributed by atoms with Crippen molar-refractivity contribution in [1.29, 1.82) is 5.26 Å². The number of hydrogen-bond acceptors (Lipinski definition) is 4. The molecule has 1 rings (SSSR count). The molecule has 0 aromatic heterocycles. The molecule has 1 aromatic carbocycles. The minimum Gasteiger partial charge on any atom is -0.465 e. The molecule has 0 fully saturated rings. The van der Waals surface area contributed by atoms with Crippen LogP contribution in [0.25, 0.3) is 5.70 Å². The van der Waals surface area contributed by atoms with Gasteiger partial charge < -0.3 is 15.8 Å². The Labute approximate surface area is 104 Å². The van der Waals surface area contributed by atoms with Crippen molar-refractivity contribution in [3.63, 3.8) is 0 Å². The van der Waals surface area contributed by atoms with Crippen molar-refractivity contribution >= 4 is 17.7 Å². The number of carbonyl (C=O) groups excluding carboxylic acids is 2. The molecule has 0 saturated carbocycles. The lowest BCUT2D eigenvalue weighted by molar-refractivity contribution is -0.135. The minimum atomic E-state index is -0.870. The van der Waals surface area contributed by atoms with E-state index in [1.54, 1.807) is 36.4 Å². The fourth-order valence-electron chi connectivity index (χ4n) is 1.31. The minimum absolute atomic E-state index is 0.0254. The third-order valence-corrected chi connectivity index (χ3v) is 2.06. The molecule has 92 valence electrons. The summed E-state index contributed by atoms with van der Waals surface area (Å²) in [6, 6.07) is 9.24. The van der Waals surface area contributed by atoms with Crippen molar-refractivity contribution in [2.24, 2.45) is 5.73 Å². The number of nitrogens with zero attached hydrogens (tertiary/aromatic N) is 1. The second-order valence-corrected chi connectivity index (χ2v) is 3.21. The summed E-state index contributed by atoms with van der Waals surface area (Å²) in [6.07, 6.45) is 0. The largest absolute Gasteiger partial charge is 0.465 e. The Balaban J connectivity index is 3.37. The summed E-state index contributed by atoms with van der Waals surface area (Å²) >= 11 is 0. The first kappa shape index (κ1) is 13.3. The average Bonchev–Trinajstić information content (AvgIpc) is 2.38. The van der Waals surface area contributed by atoms with E-state index >= 15 is 0 Å². The van der Waals surface area contributed by atoms with Crippen molar-refractivity contribution in [3.8, 4) is 6.07 Å². The van der Waals surface area contributed by atoms with Gasteiger partial charge in [0.05, 0.1) is 12.8 Å². The van der Waals surface area contributed by atoms with Gasteiger partial charge in [0, 0.05) is 0 Å². The highest BCUT2D eigenvalue weighted by atomic mass is 16.5. The second kappa shape index (κ2) is 6.06. The van der Waals surface area contributed by atoms with Crippen molar-refractivity contribution in [2.75, 3.05) is 7.11 Å². The van der Waals surface area contributed by atoms with Crippen LogP contribution < -0.4 is 11.1 Å². The third kappa shape index (κ3) is 3.09. The number of methoxy groups -OCH3 is 1. The zero-order valence-corrected chi connectivity index (χ0v) is 9.64. The molecule has 0 heterocycles. The SMILES string of the molecule is COC(=O)/C(C#N)=C(/NC(N)=O)c1ccccc1. The highest BCUT2D eigenvalue weighted by molar-refractivity contribution is 6.03. The molecule has 0 aliphatic heterocycles. The molecule has 3 N–H and O–H groups in total. The van der Waals surface area contributed by atoms with Crippen LogP contribution in [0.15, 0.2) is 35.9 Å². The third-order valence-electron chi connectivity index (χ3n) is 2.06. The number of rotatable bonds is 3. The van der Waals surface area contributed by atoms with Crippen molar-refractivity contribution < 1.29 is 14.3 Å². The second-order valence-electron chi connectivity index (χ2n) is 3.21. The van der Waals surface area contributed by atoms with E-state index in [4.69, 9.17) is 11.0 Å². The number of urea groups is 1. The van der Waals surface area contributed by atoms with Crippen LogP contribution in [-0.4, -0.2) is 19.1 Å². The predicted octanol–water partition coefficient (Wildman–Crippen LogP) is 0.763. The number of nitrogens with two attached hydrogens (primary N) is 1. The van der Waals surface area contributed by atoms with Gasteiger partial charge in [0.1, 0.15) is 6.07 Å². The van der Waals surface area contributed by atoms with Gasteiger partial charge >= 0.3 is 12.0 Å². The van der Waals surface area contributed by atoms with Crippen LogP contribution in [0.2, 0.25) is 0 Å². The fourth-order valence-corrected chi connectivity index (χ4v) is 1.31. The van der Waals surface area contributed by atoms with E-state index in [1.165, 1.54) is 0 Å². The van der Waals surface area contributed by atoms with E-state index in [1.807, 2.05) is 0 Å². The van der Waals surface area contributed by atoms with Crippen molar-refractivity contribution in [3.05, 3.63) is 41.5 Å². The summed E-state index contributed by atoms with van der Waals surface area (Å²) in [5.41, 5.74) is 5.21. The lowest BCUT2D eigenvalue weighted by Gasteiger charge is -2.09. The van der Waals surface area contributed by atoms with Crippen LogP contribution in [0, 0.1) is 11.3 Å². The maximum Gasteiger partial charge on any atom is 0.350 e. The summed E-state index contributed by atoms with van der Waals surface area (Å²) in [4.78, 5) is 22.4. The number of nitriles is 1. The number of hydrogen-bond donors (Lipinski definition) is 2. The normalized spacial score (nSPS) is 10.9. The number of nitrogens with one attached hydrogen (secondary N) is 1. The molecule has 0 bridgehead atoms. The molecule has 0 spiro atoms. The summed E-state index contributed by atoms with van der Waals surface area (Å²) in [6.45, 7) is 0. The topological polar surface area (TPSA) is 105 Å². The van der Waals surface area contributed by atoms with Gasteiger partial charge in [-0.25, -0.2) is 9.59 Å². The lowest BCUT2D eigenvalue weighted by atomic mass is 10.1.